The summed E-state index contributed by atoms with van der Waals surface area (Å²) < 4.78 is 39.4. The Hall–Kier alpha value is -0.820. The van der Waals surface area contributed by atoms with Gasteiger partial charge in [-0.05, 0) is 6.42 Å². The predicted molar refractivity (Wildman–Crippen MR) is 71.4 cm³/mol. The Labute approximate surface area is 118 Å². The van der Waals surface area contributed by atoms with Gasteiger partial charge >= 0.3 is 6.18 Å². The number of amides is 1. The van der Waals surface area contributed by atoms with E-state index in [4.69, 9.17) is 0 Å². The van der Waals surface area contributed by atoms with E-state index in [1.807, 2.05) is 6.92 Å². The van der Waals surface area contributed by atoms with E-state index in [0.717, 1.165) is 0 Å². The van der Waals surface area contributed by atoms with Crippen LogP contribution in [0.2, 0.25) is 0 Å². The molecule has 0 bridgehead atoms. The maximum atomic E-state index is 13.1. The molecule has 1 fully saturated rings. The average molecular weight is 295 g/mol. The highest BCUT2D eigenvalue weighted by atomic mass is 19.4. The molecule has 7 heteroatoms. The number of nitrogens with one attached hydrogen (secondary N) is 2. The van der Waals surface area contributed by atoms with Crippen LogP contribution in [0.25, 0.3) is 0 Å². The lowest BCUT2D eigenvalue weighted by Gasteiger charge is -2.36. The molecular weight excluding hydrogens is 271 g/mol. The zero-order chi connectivity index (χ0) is 15.4. The Kier molecular flexibility index (Phi) is 5.82. The molecule has 0 saturated carbocycles. The van der Waals surface area contributed by atoms with E-state index in [1.165, 1.54) is 4.90 Å². The number of carbonyl (C=O) groups is 1. The maximum absolute atomic E-state index is 13.1. The van der Waals surface area contributed by atoms with Crippen molar-refractivity contribution in [2.75, 3.05) is 32.7 Å². The highest BCUT2D eigenvalue weighted by Crippen LogP contribution is 2.25. The smallest absolute Gasteiger partial charge is 0.354 e. The maximum Gasteiger partial charge on any atom is 0.405 e. The lowest BCUT2D eigenvalue weighted by atomic mass is 9.89. The van der Waals surface area contributed by atoms with Crippen LogP contribution in [-0.2, 0) is 4.79 Å². The third kappa shape index (κ3) is 4.63. The van der Waals surface area contributed by atoms with Gasteiger partial charge in [0, 0.05) is 38.1 Å². The topological polar surface area (TPSA) is 44.4 Å². The summed E-state index contributed by atoms with van der Waals surface area (Å²) in [7, 11) is 0. The summed E-state index contributed by atoms with van der Waals surface area (Å²) in [5, 5.41) is 5.48. The monoisotopic (exact) mass is 295 g/mol. The van der Waals surface area contributed by atoms with Gasteiger partial charge < -0.3 is 10.6 Å². The molecule has 1 unspecified atom stereocenters. The first-order chi connectivity index (χ1) is 9.18. The number of rotatable bonds is 5. The standard InChI is InChI=1S/C13H24F3N3O/c1-4-12(2,3)11(20)18-9-10(13(14,15)16)19-7-5-17-6-8-19/h10,17H,4-9H2,1-3H3,(H,18,20). The van der Waals surface area contributed by atoms with E-state index in [2.05, 4.69) is 10.6 Å². The van der Waals surface area contributed by atoms with Gasteiger partial charge in [-0.25, -0.2) is 0 Å². The van der Waals surface area contributed by atoms with Crippen molar-refractivity contribution >= 4 is 5.91 Å². The first kappa shape index (κ1) is 17.2. The second-order valence-electron chi connectivity index (χ2n) is 5.79. The number of nitrogens with zero attached hydrogens (tertiary/aromatic N) is 1. The molecule has 118 valence electrons. The van der Waals surface area contributed by atoms with Crippen LogP contribution in [0.4, 0.5) is 13.2 Å². The van der Waals surface area contributed by atoms with Gasteiger partial charge in [-0.15, -0.1) is 0 Å². The minimum absolute atomic E-state index is 0.329. The fourth-order valence-corrected chi connectivity index (χ4v) is 2.03. The Morgan fingerprint density at radius 3 is 2.30 bits per heavy atom. The summed E-state index contributed by atoms with van der Waals surface area (Å²) in [5.74, 6) is -0.329. The molecule has 1 amide bonds. The molecule has 1 saturated heterocycles. The summed E-state index contributed by atoms with van der Waals surface area (Å²) in [6.07, 6.45) is -3.75. The number of carbonyl (C=O) groups excluding carboxylic acids is 1. The molecule has 1 aliphatic heterocycles. The van der Waals surface area contributed by atoms with E-state index < -0.39 is 17.6 Å². The zero-order valence-corrected chi connectivity index (χ0v) is 12.3. The second kappa shape index (κ2) is 6.76. The van der Waals surface area contributed by atoms with Crippen molar-refractivity contribution in [1.82, 2.24) is 15.5 Å². The fourth-order valence-electron chi connectivity index (χ4n) is 2.03. The van der Waals surface area contributed by atoms with Crippen molar-refractivity contribution in [3.8, 4) is 0 Å². The van der Waals surface area contributed by atoms with Crippen LogP contribution in [0.15, 0.2) is 0 Å². The van der Waals surface area contributed by atoms with E-state index in [9.17, 15) is 18.0 Å². The number of piperazine rings is 1. The van der Waals surface area contributed by atoms with Gasteiger partial charge in [0.1, 0.15) is 6.04 Å². The van der Waals surface area contributed by atoms with E-state index in [-0.39, 0.29) is 12.5 Å². The minimum atomic E-state index is -4.33. The van der Waals surface area contributed by atoms with Crippen LogP contribution >= 0.6 is 0 Å². The molecule has 0 aromatic rings. The third-order valence-corrected chi connectivity index (χ3v) is 3.92. The molecule has 1 heterocycles. The quantitative estimate of drug-likeness (QED) is 0.805. The number of hydrogen-bond donors (Lipinski definition) is 2. The highest BCUT2D eigenvalue weighted by Gasteiger charge is 2.44. The molecule has 2 N–H and O–H groups in total. The Morgan fingerprint density at radius 1 is 1.30 bits per heavy atom. The second-order valence-corrected chi connectivity index (χ2v) is 5.79. The lowest BCUT2D eigenvalue weighted by molar-refractivity contribution is -0.184. The number of alkyl halides is 3. The van der Waals surface area contributed by atoms with E-state index in [1.54, 1.807) is 13.8 Å². The van der Waals surface area contributed by atoms with Crippen molar-refractivity contribution in [1.29, 1.82) is 0 Å². The van der Waals surface area contributed by atoms with Crippen molar-refractivity contribution in [2.45, 2.75) is 39.4 Å². The molecule has 4 nitrogen and oxygen atoms in total. The molecule has 0 aromatic heterocycles. The van der Waals surface area contributed by atoms with Crippen molar-refractivity contribution in [3.63, 3.8) is 0 Å². The van der Waals surface area contributed by atoms with Crippen LogP contribution in [-0.4, -0.2) is 55.7 Å². The van der Waals surface area contributed by atoms with Gasteiger partial charge in [-0.1, -0.05) is 20.8 Å². The van der Waals surface area contributed by atoms with Crippen LogP contribution in [0, 0.1) is 5.41 Å². The molecule has 0 aliphatic carbocycles. The summed E-state index contributed by atoms with van der Waals surface area (Å²) in [5.41, 5.74) is -0.639. The van der Waals surface area contributed by atoms with Gasteiger partial charge in [0.15, 0.2) is 0 Å². The first-order valence-electron chi connectivity index (χ1n) is 6.98. The van der Waals surface area contributed by atoms with Gasteiger partial charge in [0.05, 0.1) is 0 Å². The van der Waals surface area contributed by atoms with E-state index in [0.29, 0.717) is 32.6 Å². The zero-order valence-electron chi connectivity index (χ0n) is 12.3. The van der Waals surface area contributed by atoms with Crippen molar-refractivity contribution in [2.24, 2.45) is 5.41 Å². The Morgan fingerprint density at radius 2 is 1.85 bits per heavy atom. The summed E-state index contributed by atoms with van der Waals surface area (Å²) in [6.45, 7) is 6.70. The minimum Gasteiger partial charge on any atom is -0.354 e. The van der Waals surface area contributed by atoms with Crippen LogP contribution in [0.3, 0.4) is 0 Å². The molecule has 1 atom stereocenters. The normalized spacial score (nSPS) is 19.7. The van der Waals surface area contributed by atoms with Crippen molar-refractivity contribution < 1.29 is 18.0 Å². The summed E-state index contributed by atoms with van der Waals surface area (Å²) in [4.78, 5) is 13.3. The Bertz CT molecular complexity index is 325. The van der Waals surface area contributed by atoms with Gasteiger partial charge in [-0.3, -0.25) is 9.69 Å². The summed E-state index contributed by atoms with van der Waals surface area (Å²) in [6, 6.07) is -1.61. The largest absolute Gasteiger partial charge is 0.405 e. The first-order valence-corrected chi connectivity index (χ1v) is 6.98. The number of halogens is 3. The number of hydrogen-bond acceptors (Lipinski definition) is 3. The Balaban J connectivity index is 2.64. The van der Waals surface area contributed by atoms with Crippen LogP contribution < -0.4 is 10.6 Å². The third-order valence-electron chi connectivity index (χ3n) is 3.92. The molecule has 1 aliphatic rings. The van der Waals surface area contributed by atoms with E-state index >= 15 is 0 Å². The van der Waals surface area contributed by atoms with Gasteiger partial charge in [-0.2, -0.15) is 13.2 Å². The van der Waals surface area contributed by atoms with Crippen molar-refractivity contribution in [3.05, 3.63) is 0 Å². The predicted octanol–water partition coefficient (Wildman–Crippen LogP) is 1.37. The molecule has 1 rings (SSSR count). The molecular formula is C13H24F3N3O. The summed E-state index contributed by atoms with van der Waals surface area (Å²) >= 11 is 0. The van der Waals surface area contributed by atoms with Gasteiger partial charge in [0.25, 0.3) is 0 Å². The molecule has 0 aromatic carbocycles. The van der Waals surface area contributed by atoms with Crippen LogP contribution in [0.1, 0.15) is 27.2 Å². The average Bonchev–Trinajstić information content (AvgIpc) is 2.38. The molecule has 20 heavy (non-hydrogen) atoms. The van der Waals surface area contributed by atoms with Gasteiger partial charge in [0.2, 0.25) is 5.91 Å². The molecule has 0 spiro atoms. The molecule has 0 radical (unpaired) electrons. The highest BCUT2D eigenvalue weighted by molar-refractivity contribution is 5.81. The SMILES string of the molecule is CCC(C)(C)C(=O)NCC(N1CCNCC1)C(F)(F)F. The van der Waals surface area contributed by atoms with Crippen LogP contribution in [0.5, 0.6) is 0 Å². The lowest BCUT2D eigenvalue weighted by Crippen LogP contribution is -2.58. The fraction of sp³-hybridized carbons (Fsp3) is 0.923.